The number of aromatic nitrogens is 4. The molecule has 0 saturated carbocycles. The maximum absolute atomic E-state index is 8.79. The molecular formula is C21H24N8. The van der Waals surface area contributed by atoms with Crippen LogP contribution in [-0.2, 0) is 0 Å². The van der Waals surface area contributed by atoms with Gasteiger partial charge in [-0.15, -0.1) is 0 Å². The first kappa shape index (κ1) is 18.9. The molecule has 0 unspecified atom stereocenters. The van der Waals surface area contributed by atoms with Gasteiger partial charge in [-0.3, -0.25) is 0 Å². The van der Waals surface area contributed by atoms with Gasteiger partial charge >= 0.3 is 0 Å². The zero-order valence-corrected chi connectivity index (χ0v) is 16.6. The van der Waals surface area contributed by atoms with Gasteiger partial charge in [0, 0.05) is 36.5 Å². The van der Waals surface area contributed by atoms with Crippen LogP contribution in [0.15, 0.2) is 49.2 Å². The Hall–Kier alpha value is -3.44. The van der Waals surface area contributed by atoms with Crippen LogP contribution in [0.3, 0.4) is 0 Å². The van der Waals surface area contributed by atoms with Crippen LogP contribution in [0.5, 0.6) is 0 Å². The normalized spacial score (nSPS) is 16.2. The van der Waals surface area contributed by atoms with Gasteiger partial charge in [0.2, 0.25) is 0 Å². The van der Waals surface area contributed by atoms with Crippen molar-refractivity contribution in [2.45, 2.75) is 32.4 Å². The van der Waals surface area contributed by atoms with Gasteiger partial charge in [-0.1, -0.05) is 13.8 Å². The third kappa shape index (κ3) is 4.52. The van der Waals surface area contributed by atoms with E-state index >= 15 is 0 Å². The molecule has 2 aromatic heterocycles. The van der Waals surface area contributed by atoms with Crippen molar-refractivity contribution in [1.82, 2.24) is 24.8 Å². The van der Waals surface area contributed by atoms with E-state index in [-0.39, 0.29) is 5.69 Å². The van der Waals surface area contributed by atoms with Crippen molar-refractivity contribution in [2.24, 2.45) is 0 Å². The molecule has 1 aliphatic rings. The van der Waals surface area contributed by atoms with E-state index in [1.807, 2.05) is 16.8 Å². The Kier molecular flexibility index (Phi) is 5.40. The fraction of sp³-hybridized carbons (Fsp3) is 0.333. The Balaban J connectivity index is 1.40. The highest BCUT2D eigenvalue weighted by molar-refractivity contribution is 5.54. The second kappa shape index (κ2) is 8.29. The van der Waals surface area contributed by atoms with E-state index in [9.17, 15) is 0 Å². The Morgan fingerprint density at radius 2 is 1.86 bits per heavy atom. The number of nitriles is 1. The minimum Gasteiger partial charge on any atom is -0.370 e. The van der Waals surface area contributed by atoms with E-state index in [1.165, 1.54) is 24.5 Å². The molecule has 8 nitrogen and oxygen atoms in total. The first-order valence-electron chi connectivity index (χ1n) is 9.75. The van der Waals surface area contributed by atoms with Crippen molar-refractivity contribution in [3.63, 3.8) is 0 Å². The topological polar surface area (TPSA) is 94.7 Å². The van der Waals surface area contributed by atoms with Crippen molar-refractivity contribution in [3.8, 4) is 11.8 Å². The van der Waals surface area contributed by atoms with E-state index in [0.29, 0.717) is 23.7 Å². The second-order valence-corrected chi connectivity index (χ2v) is 7.46. The monoisotopic (exact) mass is 388 g/mol. The molecule has 3 heterocycles. The fourth-order valence-corrected chi connectivity index (χ4v) is 3.55. The summed E-state index contributed by atoms with van der Waals surface area (Å²) in [5, 5.41) is 15.5. The third-order valence-electron chi connectivity index (χ3n) is 4.88. The first-order chi connectivity index (χ1) is 14.1. The number of imidazole rings is 1. The quantitative estimate of drug-likeness (QED) is 0.670. The molecule has 1 aliphatic heterocycles. The molecular weight excluding hydrogens is 364 g/mol. The van der Waals surface area contributed by atoms with Gasteiger partial charge in [0.15, 0.2) is 5.69 Å². The molecule has 0 amide bonds. The van der Waals surface area contributed by atoms with Gasteiger partial charge in [-0.25, -0.2) is 15.0 Å². The number of hydrogen-bond acceptors (Lipinski definition) is 7. The van der Waals surface area contributed by atoms with E-state index in [0.717, 1.165) is 18.8 Å². The van der Waals surface area contributed by atoms with Crippen LogP contribution in [0.2, 0.25) is 0 Å². The SMILES string of the molecule is CC(C)N[C@@H]1CCN(c2ccc(-n3cnc(Nc4cnc(C#N)cn4)c3)cc2)C1. The summed E-state index contributed by atoms with van der Waals surface area (Å²) in [6.07, 6.45) is 7.77. The fourth-order valence-electron chi connectivity index (χ4n) is 3.55. The van der Waals surface area contributed by atoms with Crippen LogP contribution < -0.4 is 15.5 Å². The summed E-state index contributed by atoms with van der Waals surface area (Å²) in [6.45, 7) is 6.51. The molecule has 3 aromatic rings. The van der Waals surface area contributed by atoms with Gasteiger partial charge in [0.05, 0.1) is 18.6 Å². The summed E-state index contributed by atoms with van der Waals surface area (Å²) in [4.78, 5) is 14.9. The molecule has 1 aromatic carbocycles. The average molecular weight is 388 g/mol. The van der Waals surface area contributed by atoms with Crippen LogP contribution in [0.4, 0.5) is 17.3 Å². The predicted octanol–water partition coefficient (Wildman–Crippen LogP) is 2.85. The van der Waals surface area contributed by atoms with E-state index in [2.05, 4.69) is 68.6 Å². The highest BCUT2D eigenvalue weighted by atomic mass is 15.2. The minimum absolute atomic E-state index is 0.283. The largest absolute Gasteiger partial charge is 0.370 e. The van der Waals surface area contributed by atoms with Crippen molar-refractivity contribution in [2.75, 3.05) is 23.3 Å². The standard InChI is InChI=1S/C21H24N8/c1-15(2)26-16-7-8-28(12-16)18-3-5-19(6-4-18)29-13-21(25-14-29)27-20-11-23-17(9-22)10-24-20/h3-6,10-11,13-16,26H,7-8,12H2,1-2H3,(H,24,27)/t16-/m1/s1. The van der Waals surface area contributed by atoms with Crippen LogP contribution in [0.1, 0.15) is 26.0 Å². The number of anilines is 3. The number of nitrogens with zero attached hydrogens (tertiary/aromatic N) is 6. The lowest BCUT2D eigenvalue weighted by atomic mass is 10.2. The molecule has 148 valence electrons. The minimum atomic E-state index is 0.283. The number of hydrogen-bond donors (Lipinski definition) is 2. The van der Waals surface area contributed by atoms with Crippen molar-refractivity contribution < 1.29 is 0 Å². The van der Waals surface area contributed by atoms with E-state index < -0.39 is 0 Å². The molecule has 29 heavy (non-hydrogen) atoms. The number of rotatable bonds is 6. The maximum Gasteiger partial charge on any atom is 0.158 e. The van der Waals surface area contributed by atoms with Crippen LogP contribution in [0, 0.1) is 11.3 Å². The van der Waals surface area contributed by atoms with Gasteiger partial charge in [-0.05, 0) is 30.7 Å². The zero-order chi connectivity index (χ0) is 20.2. The van der Waals surface area contributed by atoms with Gasteiger partial charge in [-0.2, -0.15) is 5.26 Å². The van der Waals surface area contributed by atoms with Crippen LogP contribution in [-0.4, -0.2) is 44.7 Å². The summed E-state index contributed by atoms with van der Waals surface area (Å²) in [7, 11) is 0. The Labute approximate surface area is 170 Å². The highest BCUT2D eigenvalue weighted by Gasteiger charge is 2.22. The van der Waals surface area contributed by atoms with Crippen LogP contribution >= 0.6 is 0 Å². The molecule has 1 atom stereocenters. The van der Waals surface area contributed by atoms with Crippen molar-refractivity contribution in [3.05, 3.63) is 54.9 Å². The summed E-state index contributed by atoms with van der Waals surface area (Å²) >= 11 is 0. The summed E-state index contributed by atoms with van der Waals surface area (Å²) in [5.41, 5.74) is 2.56. The Morgan fingerprint density at radius 3 is 2.55 bits per heavy atom. The first-order valence-corrected chi connectivity index (χ1v) is 9.75. The Bertz CT molecular complexity index is 985. The van der Waals surface area contributed by atoms with E-state index in [1.54, 1.807) is 6.33 Å². The van der Waals surface area contributed by atoms with Gasteiger partial charge < -0.3 is 20.1 Å². The molecule has 8 heteroatoms. The zero-order valence-electron chi connectivity index (χ0n) is 16.6. The van der Waals surface area contributed by atoms with Gasteiger partial charge in [0.1, 0.15) is 24.0 Å². The van der Waals surface area contributed by atoms with Crippen molar-refractivity contribution >= 4 is 17.3 Å². The molecule has 0 radical (unpaired) electrons. The lowest BCUT2D eigenvalue weighted by molar-refractivity contribution is 0.492. The summed E-state index contributed by atoms with van der Waals surface area (Å²) < 4.78 is 1.95. The van der Waals surface area contributed by atoms with Gasteiger partial charge in [0.25, 0.3) is 0 Å². The Morgan fingerprint density at radius 1 is 1.07 bits per heavy atom. The molecule has 2 N–H and O–H groups in total. The number of nitrogens with one attached hydrogen (secondary N) is 2. The number of benzene rings is 1. The van der Waals surface area contributed by atoms with Crippen LogP contribution in [0.25, 0.3) is 5.69 Å². The predicted molar refractivity (Wildman–Crippen MR) is 112 cm³/mol. The molecule has 0 aliphatic carbocycles. The summed E-state index contributed by atoms with van der Waals surface area (Å²) in [5.74, 6) is 1.21. The average Bonchev–Trinajstić information content (AvgIpc) is 3.38. The molecule has 0 bridgehead atoms. The molecule has 0 spiro atoms. The molecule has 4 rings (SSSR count). The maximum atomic E-state index is 8.79. The lowest BCUT2D eigenvalue weighted by Gasteiger charge is -2.20. The second-order valence-electron chi connectivity index (χ2n) is 7.46. The summed E-state index contributed by atoms with van der Waals surface area (Å²) in [6, 6.07) is 11.5. The highest BCUT2D eigenvalue weighted by Crippen LogP contribution is 2.23. The van der Waals surface area contributed by atoms with E-state index in [4.69, 9.17) is 5.26 Å². The molecule has 1 fully saturated rings. The van der Waals surface area contributed by atoms with Crippen molar-refractivity contribution in [1.29, 1.82) is 5.26 Å². The smallest absolute Gasteiger partial charge is 0.158 e. The molecule has 1 saturated heterocycles. The third-order valence-corrected chi connectivity index (χ3v) is 4.88. The lowest BCUT2D eigenvalue weighted by Crippen LogP contribution is -2.36.